The average molecular weight is 260 g/mol. The van der Waals surface area contributed by atoms with Gasteiger partial charge in [0.05, 0.1) is 5.88 Å². The number of nitrogens with zero attached hydrogens (tertiary/aromatic N) is 1. The Hall–Kier alpha value is -0.810. The van der Waals surface area contributed by atoms with Crippen molar-refractivity contribution in [3.05, 3.63) is 29.6 Å². The molecule has 0 amide bonds. The number of halogens is 5. The molecule has 0 fully saturated rings. The molecule has 0 N–H and O–H groups in total. The number of alkyl halides is 4. The molecule has 7 heteroatoms. The van der Waals surface area contributed by atoms with E-state index in [4.69, 9.17) is 11.6 Å². The standard InChI is InChI=1S/C8H5ClF3NO.ClH/c9-4-6(14)5-2-1-3-13-7(5)8(10,11)12;/h1-3H,4H2;1H. The Kier molecular flexibility index (Phi) is 5.03. The van der Waals surface area contributed by atoms with Gasteiger partial charge in [-0.05, 0) is 12.1 Å². The summed E-state index contributed by atoms with van der Waals surface area (Å²) in [4.78, 5) is 14.1. The molecule has 0 aliphatic rings. The monoisotopic (exact) mass is 259 g/mol. The molecule has 84 valence electrons. The zero-order valence-corrected chi connectivity index (χ0v) is 8.79. The summed E-state index contributed by atoms with van der Waals surface area (Å²) in [5, 5.41) is 0. The van der Waals surface area contributed by atoms with Gasteiger partial charge >= 0.3 is 6.18 Å². The van der Waals surface area contributed by atoms with Crippen LogP contribution in [0.5, 0.6) is 0 Å². The van der Waals surface area contributed by atoms with E-state index in [1.165, 1.54) is 6.07 Å². The van der Waals surface area contributed by atoms with E-state index in [1.807, 2.05) is 0 Å². The molecule has 0 atom stereocenters. The fourth-order valence-electron chi connectivity index (χ4n) is 0.928. The van der Waals surface area contributed by atoms with Gasteiger partial charge in [0.2, 0.25) is 0 Å². The summed E-state index contributed by atoms with van der Waals surface area (Å²) in [6, 6.07) is 2.32. The van der Waals surface area contributed by atoms with Crippen LogP contribution in [0.25, 0.3) is 0 Å². The van der Waals surface area contributed by atoms with Crippen molar-refractivity contribution >= 4 is 29.8 Å². The fraction of sp³-hybridized carbons (Fsp3) is 0.250. The van der Waals surface area contributed by atoms with Crippen molar-refractivity contribution < 1.29 is 18.0 Å². The van der Waals surface area contributed by atoms with E-state index in [1.54, 1.807) is 0 Å². The fourth-order valence-corrected chi connectivity index (χ4v) is 1.07. The molecule has 0 saturated carbocycles. The normalized spacial score (nSPS) is 10.7. The Balaban J connectivity index is 0.00000196. The van der Waals surface area contributed by atoms with E-state index in [-0.39, 0.29) is 12.4 Å². The van der Waals surface area contributed by atoms with E-state index < -0.39 is 29.1 Å². The number of pyridine rings is 1. The summed E-state index contributed by atoms with van der Waals surface area (Å²) >= 11 is 5.16. The first kappa shape index (κ1) is 14.2. The molecular formula is C8H6Cl2F3NO. The molecule has 0 unspecified atom stereocenters. The van der Waals surface area contributed by atoms with E-state index in [0.29, 0.717) is 0 Å². The third-order valence-electron chi connectivity index (χ3n) is 1.50. The lowest BCUT2D eigenvalue weighted by atomic mass is 10.1. The van der Waals surface area contributed by atoms with Crippen LogP contribution in [0.4, 0.5) is 13.2 Å². The zero-order chi connectivity index (χ0) is 10.8. The van der Waals surface area contributed by atoms with Gasteiger partial charge in [0.1, 0.15) is 0 Å². The highest BCUT2D eigenvalue weighted by Gasteiger charge is 2.36. The summed E-state index contributed by atoms with van der Waals surface area (Å²) < 4.78 is 36.9. The third-order valence-corrected chi connectivity index (χ3v) is 1.74. The largest absolute Gasteiger partial charge is 0.434 e. The molecule has 0 aliphatic carbocycles. The van der Waals surface area contributed by atoms with Gasteiger partial charge in [-0.1, -0.05) is 0 Å². The molecule has 0 bridgehead atoms. The highest BCUT2D eigenvalue weighted by molar-refractivity contribution is 6.30. The van der Waals surface area contributed by atoms with E-state index in [9.17, 15) is 18.0 Å². The van der Waals surface area contributed by atoms with Crippen molar-refractivity contribution in [2.45, 2.75) is 6.18 Å². The van der Waals surface area contributed by atoms with Crippen LogP contribution in [-0.2, 0) is 6.18 Å². The lowest BCUT2D eigenvalue weighted by Gasteiger charge is -2.08. The van der Waals surface area contributed by atoms with Gasteiger partial charge in [-0.25, -0.2) is 0 Å². The van der Waals surface area contributed by atoms with Crippen LogP contribution < -0.4 is 0 Å². The maximum absolute atomic E-state index is 12.3. The van der Waals surface area contributed by atoms with Crippen molar-refractivity contribution in [2.24, 2.45) is 0 Å². The van der Waals surface area contributed by atoms with Crippen LogP contribution in [0.1, 0.15) is 16.1 Å². The first-order valence-electron chi connectivity index (χ1n) is 3.58. The second-order valence-electron chi connectivity index (χ2n) is 2.45. The lowest BCUT2D eigenvalue weighted by molar-refractivity contribution is -0.141. The topological polar surface area (TPSA) is 30.0 Å². The molecule has 2 nitrogen and oxygen atoms in total. The van der Waals surface area contributed by atoms with Gasteiger partial charge in [0.15, 0.2) is 11.5 Å². The minimum absolute atomic E-state index is 0. The second-order valence-corrected chi connectivity index (χ2v) is 2.72. The molecule has 1 aromatic rings. The first-order chi connectivity index (χ1) is 6.46. The maximum Gasteiger partial charge on any atom is 0.434 e. The van der Waals surface area contributed by atoms with Crippen LogP contribution in [0, 0.1) is 0 Å². The first-order valence-corrected chi connectivity index (χ1v) is 4.11. The molecule has 1 rings (SSSR count). The summed E-state index contributed by atoms with van der Waals surface area (Å²) in [5.41, 5.74) is -1.68. The van der Waals surface area contributed by atoms with E-state index >= 15 is 0 Å². The highest BCUT2D eigenvalue weighted by Crippen LogP contribution is 2.30. The van der Waals surface area contributed by atoms with Crippen molar-refractivity contribution in [2.75, 3.05) is 5.88 Å². The van der Waals surface area contributed by atoms with Gasteiger partial charge in [0.25, 0.3) is 0 Å². The van der Waals surface area contributed by atoms with Gasteiger partial charge in [-0.15, -0.1) is 24.0 Å². The Labute approximate surface area is 94.9 Å². The molecular weight excluding hydrogens is 254 g/mol. The van der Waals surface area contributed by atoms with E-state index in [2.05, 4.69) is 4.98 Å². The highest BCUT2D eigenvalue weighted by atomic mass is 35.5. The smallest absolute Gasteiger partial charge is 0.293 e. The van der Waals surface area contributed by atoms with Crippen molar-refractivity contribution in [3.8, 4) is 0 Å². The lowest BCUT2D eigenvalue weighted by Crippen LogP contribution is -2.15. The molecule has 0 spiro atoms. The van der Waals surface area contributed by atoms with Gasteiger partial charge in [-0.3, -0.25) is 9.78 Å². The molecule has 0 aromatic carbocycles. The second kappa shape index (κ2) is 5.32. The van der Waals surface area contributed by atoms with Gasteiger partial charge in [-0.2, -0.15) is 13.2 Å². The number of Topliss-reactive ketones (excluding diaryl/α,β-unsaturated/α-hetero) is 1. The molecule has 0 aliphatic heterocycles. The van der Waals surface area contributed by atoms with Crippen LogP contribution in [0.15, 0.2) is 18.3 Å². The third kappa shape index (κ3) is 3.35. The maximum atomic E-state index is 12.3. The minimum atomic E-state index is -4.63. The molecule has 15 heavy (non-hydrogen) atoms. The number of carbonyl (C=O) groups excluding carboxylic acids is 1. The quantitative estimate of drug-likeness (QED) is 0.604. The number of ketones is 1. The molecule has 1 aromatic heterocycles. The SMILES string of the molecule is Cl.O=C(CCl)c1cccnc1C(F)(F)F. The van der Waals surface area contributed by atoms with E-state index in [0.717, 1.165) is 12.3 Å². The van der Waals surface area contributed by atoms with Crippen LogP contribution in [0.3, 0.4) is 0 Å². The minimum Gasteiger partial charge on any atom is -0.293 e. The van der Waals surface area contributed by atoms with Crippen LogP contribution >= 0.6 is 24.0 Å². The summed E-state index contributed by atoms with van der Waals surface area (Å²) in [7, 11) is 0. The number of aromatic nitrogens is 1. The van der Waals surface area contributed by atoms with Gasteiger partial charge in [0, 0.05) is 11.8 Å². The van der Waals surface area contributed by atoms with Crippen molar-refractivity contribution in [1.29, 1.82) is 0 Å². The Morgan fingerprint density at radius 3 is 2.53 bits per heavy atom. The summed E-state index contributed by atoms with van der Waals surface area (Å²) in [5.74, 6) is -1.28. The molecule has 0 saturated heterocycles. The Bertz CT molecular complexity index is 354. The number of hydrogen-bond acceptors (Lipinski definition) is 2. The molecule has 0 radical (unpaired) electrons. The van der Waals surface area contributed by atoms with Gasteiger partial charge < -0.3 is 0 Å². The van der Waals surface area contributed by atoms with Crippen molar-refractivity contribution in [3.63, 3.8) is 0 Å². The predicted molar refractivity (Wildman–Crippen MR) is 51.5 cm³/mol. The van der Waals surface area contributed by atoms with Crippen LogP contribution in [-0.4, -0.2) is 16.6 Å². The Morgan fingerprint density at radius 1 is 1.47 bits per heavy atom. The zero-order valence-electron chi connectivity index (χ0n) is 7.21. The van der Waals surface area contributed by atoms with Crippen molar-refractivity contribution in [1.82, 2.24) is 4.98 Å². The van der Waals surface area contributed by atoms with Crippen LogP contribution in [0.2, 0.25) is 0 Å². The number of hydrogen-bond donors (Lipinski definition) is 0. The Morgan fingerprint density at radius 2 is 2.07 bits per heavy atom. The summed E-state index contributed by atoms with van der Waals surface area (Å²) in [6.07, 6.45) is -3.65. The number of rotatable bonds is 2. The number of carbonyl (C=O) groups is 1. The predicted octanol–water partition coefficient (Wildman–Crippen LogP) is 2.94. The molecule has 1 heterocycles. The average Bonchev–Trinajstić information content (AvgIpc) is 2.15. The summed E-state index contributed by atoms with van der Waals surface area (Å²) in [6.45, 7) is 0.